The van der Waals surface area contributed by atoms with Gasteiger partial charge in [0.2, 0.25) is 0 Å². The van der Waals surface area contributed by atoms with Crippen LogP contribution in [-0.4, -0.2) is 31.7 Å². The molecule has 0 radical (unpaired) electrons. The summed E-state index contributed by atoms with van der Waals surface area (Å²) in [7, 11) is 0. The van der Waals surface area contributed by atoms with Crippen LogP contribution in [0.1, 0.15) is 13.8 Å². The molecule has 0 aliphatic rings. The van der Waals surface area contributed by atoms with Crippen LogP contribution < -0.4 is 0 Å². The zero-order valence-electron chi connectivity index (χ0n) is 12.5. The number of esters is 2. The number of rotatable bonds is 7. The van der Waals surface area contributed by atoms with Crippen LogP contribution in [0, 0.1) is 5.92 Å². The minimum atomic E-state index is -1.19. The van der Waals surface area contributed by atoms with E-state index in [4.69, 9.17) is 44.3 Å². The van der Waals surface area contributed by atoms with Crippen molar-refractivity contribution in [3.63, 3.8) is 0 Å². The second-order valence-electron chi connectivity index (χ2n) is 4.20. The Balaban J connectivity index is 2.89. The molecule has 0 saturated carbocycles. The van der Waals surface area contributed by atoms with E-state index in [9.17, 15) is 9.59 Å². The molecule has 0 aliphatic carbocycles. The quantitative estimate of drug-likeness (QED) is 0.396. The van der Waals surface area contributed by atoms with Crippen LogP contribution in [0.5, 0.6) is 0 Å². The van der Waals surface area contributed by atoms with Gasteiger partial charge in [0.1, 0.15) is 5.69 Å². The average Bonchev–Trinajstić information content (AvgIpc) is 2.45. The van der Waals surface area contributed by atoms with E-state index in [-0.39, 0.29) is 35.5 Å². The van der Waals surface area contributed by atoms with E-state index in [2.05, 4.69) is 10.2 Å². The predicted molar refractivity (Wildman–Crippen MR) is 87.6 cm³/mol. The molecule has 0 unspecified atom stereocenters. The van der Waals surface area contributed by atoms with Gasteiger partial charge in [-0.25, -0.2) is 0 Å². The summed E-state index contributed by atoms with van der Waals surface area (Å²) >= 11 is 17.7. The van der Waals surface area contributed by atoms with E-state index in [0.29, 0.717) is 5.02 Å². The Morgan fingerprint density at radius 3 is 1.96 bits per heavy atom. The van der Waals surface area contributed by atoms with Gasteiger partial charge in [-0.15, -0.1) is 0 Å². The van der Waals surface area contributed by atoms with Gasteiger partial charge in [0.25, 0.3) is 0 Å². The minimum absolute atomic E-state index is 0.140. The van der Waals surface area contributed by atoms with Gasteiger partial charge < -0.3 is 9.47 Å². The molecule has 1 aromatic carbocycles. The third kappa shape index (κ3) is 5.97. The van der Waals surface area contributed by atoms with Gasteiger partial charge in [0.15, 0.2) is 5.92 Å². The lowest BCUT2D eigenvalue weighted by atomic mass is 10.1. The normalized spacial score (nSPS) is 11.0. The molecule has 9 heteroatoms. The topological polar surface area (TPSA) is 77.3 Å². The Morgan fingerprint density at radius 1 is 1.04 bits per heavy atom. The second kappa shape index (κ2) is 9.70. The fourth-order valence-electron chi connectivity index (χ4n) is 1.55. The fraction of sp³-hybridized carbons (Fsp3) is 0.429. The number of azo groups is 1. The van der Waals surface area contributed by atoms with Crippen molar-refractivity contribution >= 4 is 52.4 Å². The van der Waals surface area contributed by atoms with Crippen LogP contribution in [0.4, 0.5) is 5.69 Å². The highest BCUT2D eigenvalue weighted by Crippen LogP contribution is 2.36. The Labute approximate surface area is 148 Å². The van der Waals surface area contributed by atoms with Crippen LogP contribution in [0.2, 0.25) is 15.1 Å². The van der Waals surface area contributed by atoms with Gasteiger partial charge >= 0.3 is 11.9 Å². The van der Waals surface area contributed by atoms with Crippen LogP contribution in [0.15, 0.2) is 22.4 Å². The van der Waals surface area contributed by atoms with E-state index in [1.54, 1.807) is 13.8 Å². The van der Waals surface area contributed by atoms with Crippen molar-refractivity contribution in [3.05, 3.63) is 27.2 Å². The molecule has 0 atom stereocenters. The molecule has 126 valence electrons. The molecular weight excluding hydrogens is 367 g/mol. The van der Waals surface area contributed by atoms with E-state index in [1.807, 2.05) is 0 Å². The van der Waals surface area contributed by atoms with Gasteiger partial charge in [-0.05, 0) is 26.0 Å². The molecule has 1 rings (SSSR count). The Bertz CT molecular complexity index is 567. The van der Waals surface area contributed by atoms with Crippen molar-refractivity contribution in [1.82, 2.24) is 0 Å². The van der Waals surface area contributed by atoms with Crippen molar-refractivity contribution in [3.8, 4) is 0 Å². The number of carbonyl (C=O) groups excluding carboxylic acids is 2. The smallest absolute Gasteiger partial charge is 0.322 e. The van der Waals surface area contributed by atoms with Gasteiger partial charge in [-0.2, -0.15) is 10.2 Å². The Kier molecular flexibility index (Phi) is 8.30. The lowest BCUT2D eigenvalue weighted by molar-refractivity contribution is -0.161. The van der Waals surface area contributed by atoms with Gasteiger partial charge in [-0.1, -0.05) is 34.8 Å². The molecule has 0 amide bonds. The van der Waals surface area contributed by atoms with Crippen LogP contribution >= 0.6 is 34.8 Å². The first-order chi connectivity index (χ1) is 10.9. The number of halogens is 3. The maximum atomic E-state index is 11.8. The molecule has 0 bridgehead atoms. The molecule has 0 spiro atoms. The molecule has 6 nitrogen and oxygen atoms in total. The first-order valence-electron chi connectivity index (χ1n) is 6.76. The number of carbonyl (C=O) groups is 2. The molecule has 0 aliphatic heterocycles. The summed E-state index contributed by atoms with van der Waals surface area (Å²) in [6.45, 7) is 3.30. The standard InChI is InChI=1S/C14H15Cl3N2O4/c1-3-22-13(20)9(14(21)23-4-2)7-18-19-12-10(16)5-8(15)6-11(12)17/h5-6,9H,3-4,7H2,1-2H3. The summed E-state index contributed by atoms with van der Waals surface area (Å²) in [4.78, 5) is 23.6. The summed E-state index contributed by atoms with van der Waals surface area (Å²) in [5, 5.41) is 8.43. The first kappa shape index (κ1) is 19.7. The SMILES string of the molecule is CCOC(=O)C(CN=Nc1c(Cl)cc(Cl)cc1Cl)C(=O)OCC. The van der Waals surface area contributed by atoms with E-state index in [0.717, 1.165) is 0 Å². The van der Waals surface area contributed by atoms with Crippen LogP contribution in [0.3, 0.4) is 0 Å². The third-order valence-electron chi connectivity index (χ3n) is 2.56. The minimum Gasteiger partial charge on any atom is -0.465 e. The zero-order chi connectivity index (χ0) is 17.4. The maximum absolute atomic E-state index is 11.8. The van der Waals surface area contributed by atoms with Gasteiger partial charge in [-0.3, -0.25) is 9.59 Å². The van der Waals surface area contributed by atoms with Crippen molar-refractivity contribution < 1.29 is 19.1 Å². The number of hydrogen-bond acceptors (Lipinski definition) is 6. The fourth-order valence-corrected chi connectivity index (χ4v) is 2.45. The monoisotopic (exact) mass is 380 g/mol. The number of ether oxygens (including phenoxy) is 2. The van der Waals surface area contributed by atoms with E-state index < -0.39 is 17.9 Å². The lowest BCUT2D eigenvalue weighted by Crippen LogP contribution is -2.30. The summed E-state index contributed by atoms with van der Waals surface area (Å²) in [5.41, 5.74) is 0.198. The average molecular weight is 382 g/mol. The van der Waals surface area contributed by atoms with Crippen molar-refractivity contribution in [2.45, 2.75) is 13.8 Å². The first-order valence-corrected chi connectivity index (χ1v) is 7.89. The molecule has 0 saturated heterocycles. The van der Waals surface area contributed by atoms with Gasteiger partial charge in [0, 0.05) is 5.02 Å². The predicted octanol–water partition coefficient (Wildman–Crippen LogP) is 4.47. The Hall–Kier alpha value is -1.37. The summed E-state index contributed by atoms with van der Waals surface area (Å²) < 4.78 is 9.65. The number of nitrogens with zero attached hydrogens (tertiary/aromatic N) is 2. The highest BCUT2D eigenvalue weighted by Gasteiger charge is 2.29. The highest BCUT2D eigenvalue weighted by atomic mass is 35.5. The molecule has 23 heavy (non-hydrogen) atoms. The third-order valence-corrected chi connectivity index (χ3v) is 3.35. The van der Waals surface area contributed by atoms with Gasteiger partial charge in [0.05, 0.1) is 29.8 Å². The van der Waals surface area contributed by atoms with E-state index in [1.165, 1.54) is 12.1 Å². The van der Waals surface area contributed by atoms with Crippen LogP contribution in [-0.2, 0) is 19.1 Å². The molecular formula is C14H15Cl3N2O4. The molecule has 0 N–H and O–H groups in total. The molecule has 1 aromatic rings. The largest absolute Gasteiger partial charge is 0.465 e. The van der Waals surface area contributed by atoms with Crippen molar-refractivity contribution in [2.24, 2.45) is 16.1 Å². The molecule has 0 aromatic heterocycles. The second-order valence-corrected chi connectivity index (χ2v) is 5.45. The zero-order valence-corrected chi connectivity index (χ0v) is 14.8. The number of hydrogen-bond donors (Lipinski definition) is 0. The highest BCUT2D eigenvalue weighted by molar-refractivity contribution is 6.41. The Morgan fingerprint density at radius 2 is 1.52 bits per heavy atom. The molecule has 0 heterocycles. The number of benzene rings is 1. The van der Waals surface area contributed by atoms with Crippen molar-refractivity contribution in [1.29, 1.82) is 0 Å². The van der Waals surface area contributed by atoms with Crippen molar-refractivity contribution in [2.75, 3.05) is 19.8 Å². The summed E-state index contributed by atoms with van der Waals surface area (Å²) in [5.74, 6) is -2.64. The summed E-state index contributed by atoms with van der Waals surface area (Å²) in [6.07, 6.45) is 0. The summed E-state index contributed by atoms with van der Waals surface area (Å²) in [6, 6.07) is 2.91. The van der Waals surface area contributed by atoms with Crippen LogP contribution in [0.25, 0.3) is 0 Å². The van der Waals surface area contributed by atoms with E-state index >= 15 is 0 Å². The maximum Gasteiger partial charge on any atom is 0.322 e. The lowest BCUT2D eigenvalue weighted by Gasteiger charge is -2.11. The molecule has 0 fully saturated rings.